The van der Waals surface area contributed by atoms with Crippen LogP contribution in [0.4, 0.5) is 0 Å². The summed E-state index contributed by atoms with van der Waals surface area (Å²) in [5.74, 6) is 0.0179. The molecule has 0 bridgehead atoms. The van der Waals surface area contributed by atoms with Crippen molar-refractivity contribution in [2.24, 2.45) is 0 Å². The number of hydrogen-bond acceptors (Lipinski definition) is 2. The third-order valence-electron chi connectivity index (χ3n) is 2.82. The lowest BCUT2D eigenvalue weighted by Gasteiger charge is -2.11. The third-order valence-corrected chi connectivity index (χ3v) is 3.71. The molecule has 0 aliphatic carbocycles. The van der Waals surface area contributed by atoms with E-state index in [-0.39, 0.29) is 11.9 Å². The summed E-state index contributed by atoms with van der Waals surface area (Å²) >= 11 is 3.42. The van der Waals surface area contributed by atoms with Crippen LogP contribution >= 0.6 is 15.9 Å². The number of amides is 1. The minimum absolute atomic E-state index is 0.0179. The molecule has 16 heavy (non-hydrogen) atoms. The van der Waals surface area contributed by atoms with Gasteiger partial charge in [0.25, 0.3) is 5.91 Å². The zero-order valence-corrected chi connectivity index (χ0v) is 10.8. The van der Waals surface area contributed by atoms with Gasteiger partial charge in [0.2, 0.25) is 0 Å². The van der Waals surface area contributed by atoms with Crippen LogP contribution in [0.15, 0.2) is 22.7 Å². The van der Waals surface area contributed by atoms with Crippen LogP contribution in [-0.2, 0) is 0 Å². The molecule has 1 amide bonds. The van der Waals surface area contributed by atoms with Gasteiger partial charge in [0.1, 0.15) is 0 Å². The van der Waals surface area contributed by atoms with Crippen molar-refractivity contribution in [3.63, 3.8) is 0 Å². The lowest BCUT2D eigenvalue weighted by molar-refractivity contribution is 0.0940. The van der Waals surface area contributed by atoms with Gasteiger partial charge >= 0.3 is 0 Å². The van der Waals surface area contributed by atoms with E-state index in [1.165, 1.54) is 0 Å². The molecule has 1 aliphatic heterocycles. The van der Waals surface area contributed by atoms with Crippen LogP contribution in [0.1, 0.15) is 22.3 Å². The van der Waals surface area contributed by atoms with E-state index in [1.54, 1.807) is 0 Å². The van der Waals surface area contributed by atoms with E-state index < -0.39 is 0 Å². The summed E-state index contributed by atoms with van der Waals surface area (Å²) in [5, 5.41) is 6.25. The molecular formula is C12H15BrN2O. The van der Waals surface area contributed by atoms with Crippen LogP contribution in [0.5, 0.6) is 0 Å². The maximum atomic E-state index is 11.9. The summed E-state index contributed by atoms with van der Waals surface area (Å²) < 4.78 is 1.03. The van der Waals surface area contributed by atoms with E-state index in [1.807, 2.05) is 25.1 Å². The molecule has 0 spiro atoms. The SMILES string of the molecule is Cc1cc(C(=O)N[C@@H]2CCNC2)ccc1Br. The Hall–Kier alpha value is -0.870. The number of carbonyl (C=O) groups excluding carboxylic acids is 1. The summed E-state index contributed by atoms with van der Waals surface area (Å²) in [7, 11) is 0. The van der Waals surface area contributed by atoms with Gasteiger partial charge in [-0.1, -0.05) is 15.9 Å². The standard InChI is InChI=1S/C12H15BrN2O/c1-8-6-9(2-3-11(8)13)12(16)15-10-4-5-14-7-10/h2-3,6,10,14H,4-5,7H2,1H3,(H,15,16)/t10-/m1/s1. The quantitative estimate of drug-likeness (QED) is 0.869. The largest absolute Gasteiger partial charge is 0.348 e. The molecule has 2 N–H and O–H groups in total. The molecular weight excluding hydrogens is 268 g/mol. The molecule has 1 saturated heterocycles. The van der Waals surface area contributed by atoms with E-state index in [2.05, 4.69) is 26.6 Å². The Bertz CT molecular complexity index is 400. The lowest BCUT2D eigenvalue weighted by atomic mass is 10.1. The number of benzene rings is 1. The van der Waals surface area contributed by atoms with Crippen molar-refractivity contribution in [3.05, 3.63) is 33.8 Å². The second-order valence-corrected chi connectivity index (χ2v) is 4.98. The summed E-state index contributed by atoms with van der Waals surface area (Å²) in [6, 6.07) is 5.93. The minimum Gasteiger partial charge on any atom is -0.348 e. The van der Waals surface area contributed by atoms with Gasteiger partial charge in [0, 0.05) is 22.6 Å². The van der Waals surface area contributed by atoms with Crippen molar-refractivity contribution in [3.8, 4) is 0 Å². The van der Waals surface area contributed by atoms with Crippen molar-refractivity contribution < 1.29 is 4.79 Å². The molecule has 0 radical (unpaired) electrons. The molecule has 1 fully saturated rings. The first-order chi connectivity index (χ1) is 7.66. The van der Waals surface area contributed by atoms with E-state index in [0.29, 0.717) is 0 Å². The van der Waals surface area contributed by atoms with Crippen molar-refractivity contribution in [1.29, 1.82) is 0 Å². The molecule has 0 unspecified atom stereocenters. The summed E-state index contributed by atoms with van der Waals surface area (Å²) in [5.41, 5.74) is 1.81. The highest BCUT2D eigenvalue weighted by atomic mass is 79.9. The normalized spacial score (nSPS) is 19.8. The van der Waals surface area contributed by atoms with Crippen molar-refractivity contribution in [2.75, 3.05) is 13.1 Å². The first kappa shape index (κ1) is 11.6. The van der Waals surface area contributed by atoms with Gasteiger partial charge in [-0.3, -0.25) is 4.79 Å². The highest BCUT2D eigenvalue weighted by molar-refractivity contribution is 9.10. The van der Waals surface area contributed by atoms with Gasteiger partial charge in [0.15, 0.2) is 0 Å². The van der Waals surface area contributed by atoms with Crippen LogP contribution in [0, 0.1) is 6.92 Å². The average Bonchev–Trinajstić information content (AvgIpc) is 2.74. The Morgan fingerprint density at radius 1 is 1.56 bits per heavy atom. The second kappa shape index (κ2) is 4.97. The number of hydrogen-bond donors (Lipinski definition) is 2. The highest BCUT2D eigenvalue weighted by Crippen LogP contribution is 2.17. The van der Waals surface area contributed by atoms with Crippen LogP contribution in [-0.4, -0.2) is 25.0 Å². The van der Waals surface area contributed by atoms with Crippen molar-refractivity contribution in [1.82, 2.24) is 10.6 Å². The molecule has 1 aromatic carbocycles. The molecule has 1 aromatic rings. The molecule has 86 valence electrons. The van der Waals surface area contributed by atoms with E-state index in [0.717, 1.165) is 35.1 Å². The average molecular weight is 283 g/mol. The summed E-state index contributed by atoms with van der Waals surface area (Å²) in [6.07, 6.45) is 1.02. The maximum Gasteiger partial charge on any atom is 0.251 e. The Morgan fingerprint density at radius 2 is 2.38 bits per heavy atom. The number of halogens is 1. The Morgan fingerprint density at radius 3 is 3.00 bits per heavy atom. The van der Waals surface area contributed by atoms with Crippen LogP contribution in [0.2, 0.25) is 0 Å². The number of aryl methyl sites for hydroxylation is 1. The molecule has 4 heteroatoms. The van der Waals surface area contributed by atoms with Crippen molar-refractivity contribution >= 4 is 21.8 Å². The van der Waals surface area contributed by atoms with Crippen LogP contribution in [0.3, 0.4) is 0 Å². The van der Waals surface area contributed by atoms with Gasteiger partial charge in [0.05, 0.1) is 0 Å². The third kappa shape index (κ3) is 2.62. The molecule has 3 nitrogen and oxygen atoms in total. The molecule has 1 aliphatic rings. The Labute approximate surface area is 104 Å². The van der Waals surface area contributed by atoms with Crippen LogP contribution in [0.25, 0.3) is 0 Å². The first-order valence-corrected chi connectivity index (χ1v) is 6.24. The fraction of sp³-hybridized carbons (Fsp3) is 0.417. The number of carbonyl (C=O) groups is 1. The van der Waals surface area contributed by atoms with Crippen molar-refractivity contribution in [2.45, 2.75) is 19.4 Å². The van der Waals surface area contributed by atoms with E-state index >= 15 is 0 Å². The van der Waals surface area contributed by atoms with E-state index in [9.17, 15) is 4.79 Å². The molecule has 2 rings (SSSR count). The molecule has 0 saturated carbocycles. The Kier molecular flexibility index (Phi) is 3.61. The lowest BCUT2D eigenvalue weighted by Crippen LogP contribution is -2.36. The van der Waals surface area contributed by atoms with Gasteiger partial charge in [-0.25, -0.2) is 0 Å². The zero-order valence-electron chi connectivity index (χ0n) is 9.22. The van der Waals surface area contributed by atoms with E-state index in [4.69, 9.17) is 0 Å². The molecule has 1 atom stereocenters. The Balaban J connectivity index is 2.05. The fourth-order valence-corrected chi connectivity index (χ4v) is 2.08. The van der Waals surface area contributed by atoms with Gasteiger partial charge in [-0.05, 0) is 43.7 Å². The summed E-state index contributed by atoms with van der Waals surface area (Å²) in [6.45, 7) is 3.85. The summed E-state index contributed by atoms with van der Waals surface area (Å²) in [4.78, 5) is 11.9. The maximum absolute atomic E-state index is 11.9. The van der Waals surface area contributed by atoms with Gasteiger partial charge in [-0.2, -0.15) is 0 Å². The number of rotatable bonds is 2. The number of nitrogens with one attached hydrogen (secondary N) is 2. The second-order valence-electron chi connectivity index (χ2n) is 4.13. The monoisotopic (exact) mass is 282 g/mol. The molecule has 0 aromatic heterocycles. The predicted octanol–water partition coefficient (Wildman–Crippen LogP) is 1.85. The minimum atomic E-state index is 0.0179. The van der Waals surface area contributed by atoms with Gasteiger partial charge in [-0.15, -0.1) is 0 Å². The predicted molar refractivity (Wildman–Crippen MR) is 67.6 cm³/mol. The van der Waals surface area contributed by atoms with Crippen LogP contribution < -0.4 is 10.6 Å². The highest BCUT2D eigenvalue weighted by Gasteiger charge is 2.17. The smallest absolute Gasteiger partial charge is 0.251 e. The first-order valence-electron chi connectivity index (χ1n) is 5.44. The topological polar surface area (TPSA) is 41.1 Å². The zero-order chi connectivity index (χ0) is 11.5. The van der Waals surface area contributed by atoms with Gasteiger partial charge < -0.3 is 10.6 Å². The fourth-order valence-electron chi connectivity index (χ4n) is 1.83. The molecule has 1 heterocycles.